The first-order valence-corrected chi connectivity index (χ1v) is 11.6. The molecule has 158 valence electrons. The van der Waals surface area contributed by atoms with E-state index >= 15 is 0 Å². The van der Waals surface area contributed by atoms with Gasteiger partial charge in [0.25, 0.3) is 0 Å². The van der Waals surface area contributed by atoms with Crippen LogP contribution >= 0.6 is 0 Å². The van der Waals surface area contributed by atoms with E-state index in [-0.39, 0.29) is 11.9 Å². The van der Waals surface area contributed by atoms with Crippen molar-refractivity contribution >= 4 is 11.9 Å². The molecular weight excluding hydrogens is 350 g/mol. The van der Waals surface area contributed by atoms with Crippen molar-refractivity contribution in [2.45, 2.75) is 83.6 Å². The number of fused-ring (bicyclic) bond motifs is 1. The average molecular weight is 390 g/mol. The molecule has 4 atom stereocenters. The van der Waals surface area contributed by atoms with Crippen molar-refractivity contribution in [2.24, 2.45) is 17.8 Å². The number of nitrogens with one attached hydrogen (secondary N) is 2. The van der Waals surface area contributed by atoms with Crippen LogP contribution < -0.4 is 10.6 Å². The number of likely N-dealkylation sites (tertiary alicyclic amines) is 1. The summed E-state index contributed by atoms with van der Waals surface area (Å²) in [6.45, 7) is 4.46. The molecule has 5 heteroatoms. The first-order chi connectivity index (χ1) is 13.7. The van der Waals surface area contributed by atoms with E-state index in [2.05, 4.69) is 34.6 Å². The van der Waals surface area contributed by atoms with Crippen LogP contribution in [0.3, 0.4) is 0 Å². The fourth-order valence-electron chi connectivity index (χ4n) is 5.31. The Morgan fingerprint density at radius 3 is 2.79 bits per heavy atom. The van der Waals surface area contributed by atoms with E-state index < -0.39 is 0 Å². The lowest BCUT2D eigenvalue weighted by molar-refractivity contribution is -0.121. The second kappa shape index (κ2) is 10.9. The van der Waals surface area contributed by atoms with Gasteiger partial charge in [-0.25, -0.2) is 4.79 Å². The van der Waals surface area contributed by atoms with Gasteiger partial charge in [-0.2, -0.15) is 0 Å². The Balaban J connectivity index is 1.29. The van der Waals surface area contributed by atoms with Crippen molar-refractivity contribution in [3.63, 3.8) is 0 Å². The zero-order valence-corrected chi connectivity index (χ0v) is 17.6. The van der Waals surface area contributed by atoms with Gasteiger partial charge in [0.2, 0.25) is 5.91 Å². The lowest BCUT2D eigenvalue weighted by atomic mass is 9.78. The molecular formula is C23H39N3O2. The summed E-state index contributed by atoms with van der Waals surface area (Å²) in [5.74, 6) is 2.05. The summed E-state index contributed by atoms with van der Waals surface area (Å²) in [4.78, 5) is 26.8. The Kier molecular flexibility index (Phi) is 8.23. The number of allylic oxidation sites excluding steroid dienone is 1. The van der Waals surface area contributed by atoms with Crippen molar-refractivity contribution in [3.8, 4) is 0 Å². The quantitative estimate of drug-likeness (QED) is 0.505. The summed E-state index contributed by atoms with van der Waals surface area (Å²) in [6, 6.07) is 0.524. The van der Waals surface area contributed by atoms with Gasteiger partial charge in [-0.1, -0.05) is 38.3 Å². The van der Waals surface area contributed by atoms with Crippen molar-refractivity contribution < 1.29 is 9.59 Å². The molecule has 3 rings (SSSR count). The van der Waals surface area contributed by atoms with E-state index in [0.29, 0.717) is 37.3 Å². The van der Waals surface area contributed by atoms with E-state index in [4.69, 9.17) is 0 Å². The van der Waals surface area contributed by atoms with Crippen LogP contribution in [-0.4, -0.2) is 42.5 Å². The second-order valence-electron chi connectivity index (χ2n) is 9.02. The lowest BCUT2D eigenvalue weighted by Crippen LogP contribution is -2.53. The number of rotatable bonds is 7. The van der Waals surface area contributed by atoms with Crippen LogP contribution in [0.15, 0.2) is 12.2 Å². The molecule has 28 heavy (non-hydrogen) atoms. The highest BCUT2D eigenvalue weighted by Crippen LogP contribution is 2.35. The summed E-state index contributed by atoms with van der Waals surface area (Å²) in [5.41, 5.74) is 0. The molecule has 0 aromatic rings. The Labute approximate surface area is 170 Å². The summed E-state index contributed by atoms with van der Waals surface area (Å²) < 4.78 is 0. The third kappa shape index (κ3) is 5.99. The van der Waals surface area contributed by atoms with Gasteiger partial charge in [-0.15, -0.1) is 0 Å². The first kappa shape index (κ1) is 21.2. The van der Waals surface area contributed by atoms with Gasteiger partial charge in [0, 0.05) is 32.1 Å². The smallest absolute Gasteiger partial charge is 0.317 e. The van der Waals surface area contributed by atoms with Gasteiger partial charge in [0.1, 0.15) is 0 Å². The van der Waals surface area contributed by atoms with Crippen LogP contribution in [0, 0.1) is 17.8 Å². The number of amides is 3. The van der Waals surface area contributed by atoms with Gasteiger partial charge in [-0.05, 0) is 62.7 Å². The highest BCUT2D eigenvalue weighted by Gasteiger charge is 2.35. The molecule has 1 saturated carbocycles. The van der Waals surface area contributed by atoms with E-state index in [0.717, 1.165) is 31.8 Å². The van der Waals surface area contributed by atoms with Gasteiger partial charge in [0.15, 0.2) is 0 Å². The molecule has 3 amide bonds. The Hall–Kier alpha value is -1.52. The topological polar surface area (TPSA) is 61.4 Å². The van der Waals surface area contributed by atoms with Crippen LogP contribution in [-0.2, 0) is 4.79 Å². The van der Waals surface area contributed by atoms with Gasteiger partial charge >= 0.3 is 6.03 Å². The zero-order chi connectivity index (χ0) is 19.8. The molecule has 2 N–H and O–H groups in total. The predicted molar refractivity (Wildman–Crippen MR) is 113 cm³/mol. The molecule has 0 radical (unpaired) electrons. The maximum atomic E-state index is 12.6. The molecule has 3 aliphatic rings. The van der Waals surface area contributed by atoms with E-state index in [1.807, 2.05) is 0 Å². The molecule has 0 bridgehead atoms. The van der Waals surface area contributed by atoms with Crippen molar-refractivity contribution in [1.29, 1.82) is 0 Å². The Morgan fingerprint density at radius 2 is 1.93 bits per heavy atom. The molecule has 4 unspecified atom stereocenters. The highest BCUT2D eigenvalue weighted by molar-refractivity contribution is 5.76. The molecule has 0 spiro atoms. The van der Waals surface area contributed by atoms with Crippen LogP contribution in [0.1, 0.15) is 77.6 Å². The maximum absolute atomic E-state index is 12.6. The summed E-state index contributed by atoms with van der Waals surface area (Å²) >= 11 is 0. The third-order valence-corrected chi connectivity index (χ3v) is 7.01. The van der Waals surface area contributed by atoms with Crippen LogP contribution in [0.4, 0.5) is 4.79 Å². The van der Waals surface area contributed by atoms with E-state index in [1.54, 1.807) is 0 Å². The minimum atomic E-state index is 0.0787. The summed E-state index contributed by atoms with van der Waals surface area (Å²) in [7, 11) is 0. The van der Waals surface area contributed by atoms with Gasteiger partial charge in [-0.3, -0.25) is 4.79 Å². The van der Waals surface area contributed by atoms with E-state index in [1.165, 1.54) is 44.9 Å². The maximum Gasteiger partial charge on any atom is 0.317 e. The van der Waals surface area contributed by atoms with Gasteiger partial charge in [0.05, 0.1) is 0 Å². The number of urea groups is 1. The van der Waals surface area contributed by atoms with Crippen LogP contribution in [0.25, 0.3) is 0 Å². The fraction of sp³-hybridized carbons (Fsp3) is 0.826. The second-order valence-corrected chi connectivity index (χ2v) is 9.02. The largest absolute Gasteiger partial charge is 0.356 e. The van der Waals surface area contributed by atoms with Crippen molar-refractivity contribution in [1.82, 2.24) is 15.5 Å². The molecule has 1 heterocycles. The SMILES string of the molecule is CCC1CC=CC(CNC(=O)CCCNC(=O)N2CCCC3CCCCC32)C1. The number of piperidine rings is 1. The standard InChI is InChI=1S/C23H39N3O2/c1-2-18-8-5-9-19(16-18)17-25-22(27)13-6-14-24-23(28)26-15-7-11-20-10-3-4-12-21(20)26/h5,9,18-21H,2-4,6-8,10-17H2,1H3,(H,24,28)(H,25,27). The minimum Gasteiger partial charge on any atom is -0.356 e. The number of carbonyl (C=O) groups is 2. The minimum absolute atomic E-state index is 0.0787. The predicted octanol–water partition coefficient (Wildman–Crippen LogP) is 4.24. The third-order valence-electron chi connectivity index (χ3n) is 7.01. The normalized spacial score (nSPS) is 29.8. The number of carbonyl (C=O) groups excluding carboxylic acids is 2. The molecule has 2 aliphatic carbocycles. The van der Waals surface area contributed by atoms with Crippen LogP contribution in [0.2, 0.25) is 0 Å². The van der Waals surface area contributed by atoms with E-state index in [9.17, 15) is 9.59 Å². The van der Waals surface area contributed by atoms with Gasteiger partial charge < -0.3 is 15.5 Å². The summed E-state index contributed by atoms with van der Waals surface area (Å²) in [5, 5.41) is 6.13. The van der Waals surface area contributed by atoms with Crippen LogP contribution in [0.5, 0.6) is 0 Å². The number of nitrogens with zero attached hydrogens (tertiary/aromatic N) is 1. The Morgan fingerprint density at radius 1 is 1.11 bits per heavy atom. The first-order valence-electron chi connectivity index (χ1n) is 11.6. The number of hydrogen-bond donors (Lipinski definition) is 2. The average Bonchev–Trinajstić information content (AvgIpc) is 2.75. The van der Waals surface area contributed by atoms with Crippen molar-refractivity contribution in [2.75, 3.05) is 19.6 Å². The molecule has 0 aromatic heterocycles. The monoisotopic (exact) mass is 389 g/mol. The highest BCUT2D eigenvalue weighted by atomic mass is 16.2. The fourth-order valence-corrected chi connectivity index (χ4v) is 5.31. The molecule has 0 aromatic carbocycles. The molecule has 1 saturated heterocycles. The zero-order valence-electron chi connectivity index (χ0n) is 17.6. The molecule has 5 nitrogen and oxygen atoms in total. The molecule has 1 aliphatic heterocycles. The molecule has 2 fully saturated rings. The Bertz CT molecular complexity index is 546. The summed E-state index contributed by atoms with van der Waals surface area (Å²) in [6.07, 6.45) is 16.7. The lowest BCUT2D eigenvalue weighted by Gasteiger charge is -2.44. The van der Waals surface area contributed by atoms with Crippen molar-refractivity contribution in [3.05, 3.63) is 12.2 Å². The number of hydrogen-bond acceptors (Lipinski definition) is 2.